The van der Waals surface area contributed by atoms with E-state index in [2.05, 4.69) is 10.5 Å². The van der Waals surface area contributed by atoms with Crippen LogP contribution in [0.15, 0.2) is 52.5 Å². The SMILES string of the molecule is C[C@@H]1CCC[C@@H](C)N1S(=O)(=O)c1cc([N+](=O)[O-])ccc1N/N=C\c1ccc(N(C)C)cc1. The van der Waals surface area contributed by atoms with Gasteiger partial charge in [0.05, 0.1) is 16.8 Å². The van der Waals surface area contributed by atoms with Crippen LogP contribution in [-0.2, 0) is 10.0 Å². The first-order chi connectivity index (χ1) is 15.1. The maximum Gasteiger partial charge on any atom is 0.270 e. The molecule has 2 aromatic rings. The lowest BCUT2D eigenvalue weighted by molar-refractivity contribution is -0.385. The molecule has 0 amide bonds. The van der Waals surface area contributed by atoms with Crippen LogP contribution in [0.25, 0.3) is 0 Å². The van der Waals surface area contributed by atoms with Gasteiger partial charge in [-0.2, -0.15) is 9.41 Å². The topological polar surface area (TPSA) is 108 Å². The number of hydrazone groups is 1. The Hall–Kier alpha value is -2.98. The van der Waals surface area contributed by atoms with E-state index in [1.807, 2.05) is 57.1 Å². The number of nitro benzene ring substituents is 1. The number of hydrogen-bond donors (Lipinski definition) is 1. The monoisotopic (exact) mass is 459 g/mol. The molecule has 0 aliphatic carbocycles. The minimum atomic E-state index is -3.97. The highest BCUT2D eigenvalue weighted by Gasteiger charge is 2.37. The van der Waals surface area contributed by atoms with Gasteiger partial charge in [-0.25, -0.2) is 8.42 Å². The van der Waals surface area contributed by atoms with E-state index in [4.69, 9.17) is 0 Å². The second-order valence-corrected chi connectivity index (χ2v) is 10.1. The van der Waals surface area contributed by atoms with E-state index in [0.29, 0.717) is 0 Å². The van der Waals surface area contributed by atoms with Crippen LogP contribution in [0.5, 0.6) is 0 Å². The minimum Gasteiger partial charge on any atom is -0.378 e. The van der Waals surface area contributed by atoms with Gasteiger partial charge in [0, 0.05) is 44.0 Å². The molecule has 3 rings (SSSR count). The highest BCUT2D eigenvalue weighted by atomic mass is 32.2. The molecule has 32 heavy (non-hydrogen) atoms. The van der Waals surface area contributed by atoms with Crippen LogP contribution >= 0.6 is 0 Å². The van der Waals surface area contributed by atoms with Crippen LogP contribution in [0, 0.1) is 10.1 Å². The Labute approximate surface area is 188 Å². The van der Waals surface area contributed by atoms with Crippen molar-refractivity contribution >= 4 is 33.3 Å². The first-order valence-electron chi connectivity index (χ1n) is 10.5. The first kappa shape index (κ1) is 23.7. The van der Waals surface area contributed by atoms with Crippen LogP contribution in [0.2, 0.25) is 0 Å². The molecule has 1 N–H and O–H groups in total. The summed E-state index contributed by atoms with van der Waals surface area (Å²) in [6.07, 6.45) is 4.03. The predicted molar refractivity (Wildman–Crippen MR) is 127 cm³/mol. The molecule has 0 radical (unpaired) electrons. The predicted octanol–water partition coefficient (Wildman–Crippen LogP) is 4.06. The molecule has 9 nitrogen and oxygen atoms in total. The van der Waals surface area contributed by atoms with E-state index in [-0.39, 0.29) is 28.4 Å². The average molecular weight is 460 g/mol. The van der Waals surface area contributed by atoms with Crippen molar-refractivity contribution in [2.75, 3.05) is 24.4 Å². The van der Waals surface area contributed by atoms with Gasteiger partial charge in [-0.05, 0) is 50.5 Å². The Morgan fingerprint density at radius 1 is 1.12 bits per heavy atom. The maximum absolute atomic E-state index is 13.5. The Bertz CT molecular complexity index is 1090. The number of anilines is 2. The second kappa shape index (κ2) is 9.66. The number of nitro groups is 1. The highest BCUT2D eigenvalue weighted by Crippen LogP contribution is 2.34. The quantitative estimate of drug-likeness (QED) is 0.380. The Morgan fingerprint density at radius 3 is 2.31 bits per heavy atom. The van der Waals surface area contributed by atoms with Crippen molar-refractivity contribution in [1.29, 1.82) is 0 Å². The molecule has 1 saturated heterocycles. The summed E-state index contributed by atoms with van der Waals surface area (Å²) in [5.41, 5.74) is 4.56. The van der Waals surface area contributed by atoms with Crippen LogP contribution in [0.3, 0.4) is 0 Å². The van der Waals surface area contributed by atoms with E-state index in [0.717, 1.165) is 36.6 Å². The largest absolute Gasteiger partial charge is 0.378 e. The van der Waals surface area contributed by atoms with Crippen LogP contribution in [0.4, 0.5) is 17.1 Å². The number of rotatable bonds is 7. The lowest BCUT2D eigenvalue weighted by Crippen LogP contribution is -2.47. The summed E-state index contributed by atoms with van der Waals surface area (Å²) in [4.78, 5) is 12.6. The summed E-state index contributed by atoms with van der Waals surface area (Å²) in [6, 6.07) is 11.1. The molecule has 2 atom stereocenters. The smallest absolute Gasteiger partial charge is 0.270 e. The molecule has 0 saturated carbocycles. The van der Waals surface area contributed by atoms with Crippen molar-refractivity contribution in [2.45, 2.75) is 50.1 Å². The van der Waals surface area contributed by atoms with Crippen LogP contribution in [0.1, 0.15) is 38.7 Å². The minimum absolute atomic E-state index is 0.146. The lowest BCUT2D eigenvalue weighted by atomic mass is 10.0. The zero-order valence-electron chi connectivity index (χ0n) is 18.7. The molecule has 2 aromatic carbocycles. The van der Waals surface area contributed by atoms with Crippen LogP contribution < -0.4 is 10.3 Å². The second-order valence-electron chi connectivity index (χ2n) is 8.26. The van der Waals surface area contributed by atoms with Crippen molar-refractivity contribution in [3.8, 4) is 0 Å². The third-order valence-electron chi connectivity index (χ3n) is 5.65. The summed E-state index contributed by atoms with van der Waals surface area (Å²) in [7, 11) is -0.0710. The van der Waals surface area contributed by atoms with E-state index in [1.165, 1.54) is 16.4 Å². The zero-order chi connectivity index (χ0) is 23.5. The molecule has 1 heterocycles. The molecular weight excluding hydrogens is 430 g/mol. The standard InChI is InChI=1S/C22H29N5O4S/c1-16-6-5-7-17(2)26(16)32(30,31)22-14-20(27(28)29)12-13-21(22)24-23-15-18-8-10-19(11-9-18)25(3)4/h8-17,24H,5-7H2,1-4H3/b23-15-/t16-,17-/m1/s1. The van der Waals surface area contributed by atoms with Gasteiger partial charge in [0.15, 0.2) is 0 Å². The molecule has 0 bridgehead atoms. The van der Waals surface area contributed by atoms with Crippen molar-refractivity contribution < 1.29 is 13.3 Å². The summed E-state index contributed by atoms with van der Waals surface area (Å²) >= 11 is 0. The van der Waals surface area contributed by atoms with Gasteiger partial charge >= 0.3 is 0 Å². The third kappa shape index (κ3) is 5.08. The number of hydrogen-bond acceptors (Lipinski definition) is 7. The Kier molecular flexibility index (Phi) is 7.15. The molecule has 0 aromatic heterocycles. The van der Waals surface area contributed by atoms with E-state index in [1.54, 1.807) is 6.21 Å². The molecule has 10 heteroatoms. The fourth-order valence-electron chi connectivity index (χ4n) is 3.95. The maximum atomic E-state index is 13.5. The van der Waals surface area contributed by atoms with Crippen LogP contribution in [-0.4, -0.2) is 50.0 Å². The molecule has 1 aliphatic heterocycles. The van der Waals surface area contributed by atoms with Crippen molar-refractivity contribution in [2.24, 2.45) is 5.10 Å². The summed E-state index contributed by atoms with van der Waals surface area (Å²) in [5, 5.41) is 15.5. The number of nitrogens with zero attached hydrogens (tertiary/aromatic N) is 4. The molecule has 1 fully saturated rings. The summed E-state index contributed by atoms with van der Waals surface area (Å²) in [5.74, 6) is 0. The van der Waals surface area contributed by atoms with Crippen molar-refractivity contribution in [3.63, 3.8) is 0 Å². The van der Waals surface area contributed by atoms with Gasteiger partial charge in [0.1, 0.15) is 4.90 Å². The number of piperidine rings is 1. The fourth-order valence-corrected chi connectivity index (χ4v) is 6.00. The van der Waals surface area contributed by atoms with Crippen molar-refractivity contribution in [3.05, 3.63) is 58.1 Å². The number of benzene rings is 2. The number of sulfonamides is 1. The Balaban J connectivity index is 1.93. The summed E-state index contributed by atoms with van der Waals surface area (Å²) in [6.45, 7) is 3.74. The normalized spacial score (nSPS) is 19.8. The number of non-ortho nitro benzene ring substituents is 1. The zero-order valence-corrected chi connectivity index (χ0v) is 19.5. The molecule has 172 valence electrons. The van der Waals surface area contributed by atoms with Gasteiger partial charge < -0.3 is 4.90 Å². The van der Waals surface area contributed by atoms with Gasteiger partial charge in [0.2, 0.25) is 10.0 Å². The van der Waals surface area contributed by atoms with Gasteiger partial charge in [-0.15, -0.1) is 0 Å². The Morgan fingerprint density at radius 2 is 1.75 bits per heavy atom. The first-order valence-corrected chi connectivity index (χ1v) is 11.9. The van der Waals surface area contributed by atoms with E-state index >= 15 is 0 Å². The molecule has 0 unspecified atom stereocenters. The molecule has 0 spiro atoms. The third-order valence-corrected chi connectivity index (χ3v) is 7.82. The van der Waals surface area contributed by atoms with Gasteiger partial charge in [-0.3, -0.25) is 15.5 Å². The molecular formula is C22H29N5O4S. The van der Waals surface area contributed by atoms with E-state index < -0.39 is 14.9 Å². The fraction of sp³-hybridized carbons (Fsp3) is 0.409. The average Bonchev–Trinajstić information content (AvgIpc) is 2.73. The van der Waals surface area contributed by atoms with Gasteiger partial charge in [0.25, 0.3) is 5.69 Å². The summed E-state index contributed by atoms with van der Waals surface area (Å²) < 4.78 is 28.6. The lowest BCUT2D eigenvalue weighted by Gasteiger charge is -2.37. The molecule has 1 aliphatic rings. The highest BCUT2D eigenvalue weighted by molar-refractivity contribution is 7.89. The van der Waals surface area contributed by atoms with Gasteiger partial charge in [-0.1, -0.05) is 18.6 Å². The van der Waals surface area contributed by atoms with Crippen molar-refractivity contribution in [1.82, 2.24) is 4.31 Å². The van der Waals surface area contributed by atoms with E-state index in [9.17, 15) is 18.5 Å². The number of nitrogens with one attached hydrogen (secondary N) is 1.